The molecule has 0 bridgehead atoms. The van der Waals surface area contributed by atoms with Crippen molar-refractivity contribution in [1.82, 2.24) is 29.4 Å². The summed E-state index contributed by atoms with van der Waals surface area (Å²) in [4.78, 5) is 2.65. The van der Waals surface area contributed by atoms with E-state index in [1.54, 1.807) is 18.0 Å². The maximum atomic E-state index is 4.38. The third-order valence-corrected chi connectivity index (χ3v) is 8.01. The minimum atomic E-state index is 0.426. The molecular weight excluding hydrogens is 448 g/mol. The van der Waals surface area contributed by atoms with Crippen molar-refractivity contribution in [2.45, 2.75) is 23.4 Å². The lowest BCUT2D eigenvalue weighted by Crippen LogP contribution is -2.27. The van der Waals surface area contributed by atoms with Crippen molar-refractivity contribution in [1.29, 1.82) is 0 Å². The van der Waals surface area contributed by atoms with E-state index in [9.17, 15) is 0 Å². The summed E-state index contributed by atoms with van der Waals surface area (Å²) in [7, 11) is 3.96. The SMILES string of the molecule is Cn1nccc1-c1nnc(SCCCN2C[C@@H]3C[C@]3(c3ccc(Br)cc3)C2)n1C. The van der Waals surface area contributed by atoms with Gasteiger partial charge in [-0.15, -0.1) is 10.2 Å². The Morgan fingerprint density at radius 1 is 1.17 bits per heavy atom. The second-order valence-electron chi connectivity index (χ2n) is 8.21. The zero-order valence-electron chi connectivity index (χ0n) is 16.8. The Balaban J connectivity index is 1.13. The van der Waals surface area contributed by atoms with Gasteiger partial charge in [-0.25, -0.2) is 0 Å². The number of hydrogen-bond donors (Lipinski definition) is 0. The maximum absolute atomic E-state index is 4.38. The van der Waals surface area contributed by atoms with Gasteiger partial charge in [-0.05, 0) is 49.1 Å². The van der Waals surface area contributed by atoms with Gasteiger partial charge in [0.15, 0.2) is 11.0 Å². The summed E-state index contributed by atoms with van der Waals surface area (Å²) in [6.07, 6.45) is 4.32. The molecule has 29 heavy (non-hydrogen) atoms. The maximum Gasteiger partial charge on any atom is 0.191 e. The number of nitrogens with zero attached hydrogens (tertiary/aromatic N) is 6. The molecule has 3 heterocycles. The van der Waals surface area contributed by atoms with Gasteiger partial charge in [0, 0.05) is 49.0 Å². The molecule has 0 amide bonds. The Bertz CT molecular complexity index is 1010. The quantitative estimate of drug-likeness (QED) is 0.387. The molecule has 1 saturated carbocycles. The molecule has 1 aromatic carbocycles. The lowest BCUT2D eigenvalue weighted by molar-refractivity contribution is 0.299. The van der Waals surface area contributed by atoms with E-state index in [0.717, 1.165) is 39.4 Å². The molecule has 0 unspecified atom stereocenters. The van der Waals surface area contributed by atoms with Crippen molar-refractivity contribution < 1.29 is 0 Å². The van der Waals surface area contributed by atoms with Crippen LogP contribution in [0.2, 0.25) is 0 Å². The molecule has 0 spiro atoms. The van der Waals surface area contributed by atoms with Gasteiger partial charge in [0.2, 0.25) is 0 Å². The van der Waals surface area contributed by atoms with E-state index in [1.807, 2.05) is 24.8 Å². The topological polar surface area (TPSA) is 51.8 Å². The standard InChI is InChI=1S/C21H25BrN6S/c1-26-19(18-8-9-23-27(18)2)24-25-20(26)29-11-3-10-28-13-16-12-21(16,14-28)15-4-6-17(22)7-5-15/h4-9,16H,3,10-14H2,1-2H3/t16-,21+/m0/s1. The Hall–Kier alpha value is -1.64. The summed E-state index contributed by atoms with van der Waals surface area (Å²) in [6, 6.07) is 10.9. The Morgan fingerprint density at radius 3 is 2.76 bits per heavy atom. The number of benzene rings is 1. The second-order valence-corrected chi connectivity index (χ2v) is 10.2. The summed E-state index contributed by atoms with van der Waals surface area (Å²) in [5, 5.41) is 13.9. The van der Waals surface area contributed by atoms with Crippen LogP contribution in [0.4, 0.5) is 0 Å². The van der Waals surface area contributed by atoms with E-state index in [1.165, 1.54) is 31.5 Å². The van der Waals surface area contributed by atoms with Crippen LogP contribution in [-0.4, -0.2) is 54.8 Å². The summed E-state index contributed by atoms with van der Waals surface area (Å²) in [5.74, 6) is 2.77. The zero-order chi connectivity index (χ0) is 20.0. The number of aromatic nitrogens is 5. The fourth-order valence-corrected chi connectivity index (χ4v) is 5.79. The van der Waals surface area contributed by atoms with Gasteiger partial charge in [0.1, 0.15) is 5.69 Å². The Kier molecular flexibility index (Phi) is 5.04. The molecule has 2 fully saturated rings. The molecule has 1 aliphatic heterocycles. The number of rotatable bonds is 7. The Morgan fingerprint density at radius 2 is 2.00 bits per heavy atom. The number of thioether (sulfide) groups is 1. The van der Waals surface area contributed by atoms with Crippen molar-refractivity contribution in [2.75, 3.05) is 25.4 Å². The van der Waals surface area contributed by atoms with Crippen LogP contribution >= 0.6 is 27.7 Å². The first-order chi connectivity index (χ1) is 14.1. The predicted octanol–water partition coefficient (Wildman–Crippen LogP) is 3.73. The Labute approximate surface area is 183 Å². The van der Waals surface area contributed by atoms with Gasteiger partial charge in [-0.3, -0.25) is 4.68 Å². The van der Waals surface area contributed by atoms with Gasteiger partial charge in [0.05, 0.1) is 0 Å². The minimum Gasteiger partial charge on any atom is -0.304 e. The number of halogens is 1. The molecular formula is C21H25BrN6S. The van der Waals surface area contributed by atoms with Crippen LogP contribution < -0.4 is 0 Å². The molecule has 2 aromatic heterocycles. The van der Waals surface area contributed by atoms with E-state index in [4.69, 9.17) is 0 Å². The van der Waals surface area contributed by atoms with Crippen molar-refractivity contribution in [3.05, 3.63) is 46.6 Å². The van der Waals surface area contributed by atoms with E-state index < -0.39 is 0 Å². The third-order valence-electron chi connectivity index (χ3n) is 6.37. The van der Waals surface area contributed by atoms with Crippen molar-refractivity contribution in [3.63, 3.8) is 0 Å². The van der Waals surface area contributed by atoms with Gasteiger partial charge >= 0.3 is 0 Å². The smallest absolute Gasteiger partial charge is 0.191 e. The lowest BCUT2D eigenvalue weighted by atomic mass is 9.95. The van der Waals surface area contributed by atoms with Gasteiger partial charge in [0.25, 0.3) is 0 Å². The number of piperidine rings is 1. The van der Waals surface area contributed by atoms with Crippen molar-refractivity contribution in [2.24, 2.45) is 20.0 Å². The molecule has 3 aromatic rings. The average Bonchev–Trinajstić information content (AvgIpc) is 3.02. The van der Waals surface area contributed by atoms with E-state index in [-0.39, 0.29) is 0 Å². The van der Waals surface area contributed by atoms with Crippen LogP contribution in [0, 0.1) is 5.92 Å². The summed E-state index contributed by atoms with van der Waals surface area (Å²) >= 11 is 5.34. The highest BCUT2D eigenvalue weighted by atomic mass is 79.9. The molecule has 5 rings (SSSR count). The second kappa shape index (κ2) is 7.56. The molecule has 1 aliphatic carbocycles. The molecule has 1 saturated heterocycles. The first-order valence-corrected chi connectivity index (χ1v) is 11.8. The summed E-state index contributed by atoms with van der Waals surface area (Å²) in [5.41, 5.74) is 2.93. The fourth-order valence-electron chi connectivity index (χ4n) is 4.69. The molecule has 0 N–H and O–H groups in total. The molecule has 6 nitrogen and oxygen atoms in total. The normalized spacial score (nSPS) is 23.5. The van der Waals surface area contributed by atoms with Crippen LogP contribution in [-0.2, 0) is 19.5 Å². The molecule has 8 heteroatoms. The van der Waals surface area contributed by atoms with Crippen molar-refractivity contribution in [3.8, 4) is 11.5 Å². The highest BCUT2D eigenvalue weighted by molar-refractivity contribution is 9.10. The lowest BCUT2D eigenvalue weighted by Gasteiger charge is -2.21. The fraction of sp³-hybridized carbons (Fsp3) is 0.476. The van der Waals surface area contributed by atoms with Crippen molar-refractivity contribution >= 4 is 27.7 Å². The first-order valence-electron chi connectivity index (χ1n) is 10.1. The monoisotopic (exact) mass is 472 g/mol. The molecule has 2 atom stereocenters. The number of aryl methyl sites for hydroxylation is 1. The number of fused-ring (bicyclic) bond motifs is 1. The van der Waals surface area contributed by atoms with Gasteiger partial charge < -0.3 is 9.47 Å². The molecule has 0 radical (unpaired) electrons. The zero-order valence-corrected chi connectivity index (χ0v) is 19.2. The molecule has 2 aliphatic rings. The first kappa shape index (κ1) is 19.3. The number of likely N-dealkylation sites (tertiary alicyclic amines) is 1. The predicted molar refractivity (Wildman–Crippen MR) is 119 cm³/mol. The van der Waals surface area contributed by atoms with E-state index >= 15 is 0 Å². The average molecular weight is 473 g/mol. The highest BCUT2D eigenvalue weighted by Gasteiger charge is 2.60. The van der Waals surface area contributed by atoms with Gasteiger partial charge in [-0.1, -0.05) is 39.8 Å². The van der Waals surface area contributed by atoms with Crippen LogP contribution in [0.1, 0.15) is 18.4 Å². The van der Waals surface area contributed by atoms with Crippen LogP contribution in [0.5, 0.6) is 0 Å². The minimum absolute atomic E-state index is 0.426. The van der Waals surface area contributed by atoms with E-state index in [0.29, 0.717) is 5.41 Å². The van der Waals surface area contributed by atoms with Crippen LogP contribution in [0.15, 0.2) is 46.2 Å². The van der Waals surface area contributed by atoms with Gasteiger partial charge in [-0.2, -0.15) is 5.10 Å². The van der Waals surface area contributed by atoms with Crippen LogP contribution in [0.25, 0.3) is 11.5 Å². The van der Waals surface area contributed by atoms with E-state index in [2.05, 4.69) is 65.0 Å². The molecule has 152 valence electrons. The largest absolute Gasteiger partial charge is 0.304 e. The summed E-state index contributed by atoms with van der Waals surface area (Å²) < 4.78 is 5.06. The third kappa shape index (κ3) is 3.55. The summed E-state index contributed by atoms with van der Waals surface area (Å²) in [6.45, 7) is 3.61. The van der Waals surface area contributed by atoms with Crippen LogP contribution in [0.3, 0.4) is 0 Å². The highest BCUT2D eigenvalue weighted by Crippen LogP contribution is 2.59. The number of hydrogen-bond acceptors (Lipinski definition) is 5.